The average Bonchev–Trinajstić information content (AvgIpc) is 2.99. The molecule has 2 aromatic rings. The van der Waals surface area contributed by atoms with Crippen LogP contribution in [0.5, 0.6) is 0 Å². The molecule has 0 spiro atoms. The van der Waals surface area contributed by atoms with Gasteiger partial charge in [-0.25, -0.2) is 9.92 Å². The van der Waals surface area contributed by atoms with Crippen LogP contribution >= 0.6 is 11.6 Å². The lowest BCUT2D eigenvalue weighted by Gasteiger charge is -2.39. The predicted octanol–water partition coefficient (Wildman–Crippen LogP) is 6.99. The molecular formula is C27H31ClFN5. The van der Waals surface area contributed by atoms with Crippen molar-refractivity contribution in [3.63, 3.8) is 0 Å². The van der Waals surface area contributed by atoms with Crippen molar-refractivity contribution in [2.45, 2.75) is 51.1 Å². The van der Waals surface area contributed by atoms with Gasteiger partial charge in [0.05, 0.1) is 22.5 Å². The lowest BCUT2D eigenvalue weighted by atomic mass is 9.88. The molecule has 0 amide bonds. The fraction of sp³-hybridized carbons (Fsp3) is 0.407. The molecule has 5 nitrogen and oxygen atoms in total. The van der Waals surface area contributed by atoms with Gasteiger partial charge in [0.2, 0.25) is 0 Å². The molecule has 7 heteroatoms. The molecule has 178 valence electrons. The highest BCUT2D eigenvalue weighted by Gasteiger charge is 2.27. The van der Waals surface area contributed by atoms with Crippen molar-refractivity contribution >= 4 is 28.6 Å². The highest BCUT2D eigenvalue weighted by molar-refractivity contribution is 6.31. The normalized spacial score (nSPS) is 22.6. The Balaban J connectivity index is 1.49. The van der Waals surface area contributed by atoms with E-state index >= 15 is 0 Å². The van der Waals surface area contributed by atoms with Crippen LogP contribution in [0.2, 0.25) is 5.02 Å². The Morgan fingerprint density at radius 1 is 1.21 bits per heavy atom. The minimum absolute atomic E-state index is 0.00989. The molecular weight excluding hydrogens is 449 g/mol. The molecule has 2 aliphatic heterocycles. The average molecular weight is 480 g/mol. The standard InChI is InChI=1S/C27H31ClFN5/c1-17(33-30)27-22-7-5-19(18-10-13-34(14-11-18)21-3-2-4-21)15-23(22)26(9-12-31-27)32-20-6-8-25(29)24(28)16-20/h5-8,10,15-16,21,26,30-32H,2-4,9,11-14H2,1H3/b27-17-,33-30?. The highest BCUT2D eigenvalue weighted by Crippen LogP contribution is 2.37. The molecule has 1 fully saturated rings. The molecule has 2 heterocycles. The number of halogens is 2. The van der Waals surface area contributed by atoms with Gasteiger partial charge >= 0.3 is 0 Å². The van der Waals surface area contributed by atoms with E-state index in [2.05, 4.69) is 44.9 Å². The summed E-state index contributed by atoms with van der Waals surface area (Å²) in [4.78, 5) is 2.61. The first-order valence-electron chi connectivity index (χ1n) is 12.1. The van der Waals surface area contributed by atoms with Crippen LogP contribution in [0.4, 0.5) is 10.1 Å². The van der Waals surface area contributed by atoms with Gasteiger partial charge in [0.1, 0.15) is 5.82 Å². The van der Waals surface area contributed by atoms with Crippen LogP contribution in [0, 0.1) is 11.3 Å². The van der Waals surface area contributed by atoms with Crippen LogP contribution in [-0.4, -0.2) is 30.6 Å². The van der Waals surface area contributed by atoms with Crippen LogP contribution in [-0.2, 0) is 0 Å². The topological polar surface area (TPSA) is 63.5 Å². The van der Waals surface area contributed by atoms with E-state index in [1.165, 1.54) is 36.5 Å². The maximum atomic E-state index is 13.7. The number of nitrogens with one attached hydrogen (secondary N) is 3. The number of hydrogen-bond donors (Lipinski definition) is 3. The van der Waals surface area contributed by atoms with E-state index in [-0.39, 0.29) is 11.1 Å². The van der Waals surface area contributed by atoms with Crippen molar-refractivity contribution in [2.24, 2.45) is 5.11 Å². The Morgan fingerprint density at radius 2 is 2.06 bits per heavy atom. The minimum Gasteiger partial charge on any atom is -0.383 e. The van der Waals surface area contributed by atoms with E-state index in [0.29, 0.717) is 5.70 Å². The number of hydrogen-bond acceptors (Lipinski definition) is 5. The van der Waals surface area contributed by atoms with Crippen molar-refractivity contribution in [3.05, 3.63) is 75.7 Å². The van der Waals surface area contributed by atoms with E-state index in [9.17, 15) is 4.39 Å². The summed E-state index contributed by atoms with van der Waals surface area (Å²) in [6, 6.07) is 12.2. The summed E-state index contributed by atoms with van der Waals surface area (Å²) < 4.78 is 13.7. The smallest absolute Gasteiger partial charge is 0.141 e. The van der Waals surface area contributed by atoms with Gasteiger partial charge in [0, 0.05) is 36.9 Å². The van der Waals surface area contributed by atoms with Crippen LogP contribution in [0.1, 0.15) is 61.8 Å². The Morgan fingerprint density at radius 3 is 2.74 bits per heavy atom. The van der Waals surface area contributed by atoms with Crippen LogP contribution in [0.25, 0.3) is 11.3 Å². The summed E-state index contributed by atoms with van der Waals surface area (Å²) in [5.41, 5.74) is 14.7. The molecule has 3 aliphatic rings. The lowest BCUT2D eigenvalue weighted by Crippen LogP contribution is -2.42. The molecule has 2 aromatic carbocycles. The number of fused-ring (bicyclic) bond motifs is 1. The van der Waals surface area contributed by atoms with Gasteiger partial charge in [-0.05, 0) is 73.6 Å². The lowest BCUT2D eigenvalue weighted by molar-refractivity contribution is 0.141. The van der Waals surface area contributed by atoms with E-state index in [1.54, 1.807) is 12.1 Å². The molecule has 1 unspecified atom stereocenters. The first kappa shape index (κ1) is 23.1. The largest absolute Gasteiger partial charge is 0.383 e. The van der Waals surface area contributed by atoms with E-state index in [4.69, 9.17) is 17.1 Å². The third-order valence-corrected chi connectivity index (χ3v) is 7.71. The zero-order chi connectivity index (χ0) is 23.7. The first-order chi connectivity index (χ1) is 16.5. The molecule has 1 aliphatic carbocycles. The number of rotatable bonds is 5. The van der Waals surface area contributed by atoms with Crippen LogP contribution in [0.3, 0.4) is 0 Å². The monoisotopic (exact) mass is 479 g/mol. The minimum atomic E-state index is -0.421. The highest BCUT2D eigenvalue weighted by atomic mass is 35.5. The van der Waals surface area contributed by atoms with Crippen molar-refractivity contribution in [1.29, 1.82) is 5.53 Å². The van der Waals surface area contributed by atoms with E-state index in [1.807, 2.05) is 6.92 Å². The summed E-state index contributed by atoms with van der Waals surface area (Å²) in [6.07, 6.45) is 8.32. The van der Waals surface area contributed by atoms with E-state index in [0.717, 1.165) is 61.0 Å². The SMILES string of the molecule is C/C(N=N)=C1/NCCC(Nc2ccc(F)c(Cl)c2)c2cc(C3=CCN(C4CCC4)CC3)ccc21. The third-order valence-electron chi connectivity index (χ3n) is 7.42. The quantitative estimate of drug-likeness (QED) is 0.405. The second-order valence-electron chi connectivity index (χ2n) is 9.47. The van der Waals surface area contributed by atoms with Crippen molar-refractivity contribution < 1.29 is 4.39 Å². The molecule has 1 atom stereocenters. The summed E-state index contributed by atoms with van der Waals surface area (Å²) in [7, 11) is 0. The molecule has 34 heavy (non-hydrogen) atoms. The van der Waals surface area contributed by atoms with Gasteiger partial charge in [0.15, 0.2) is 0 Å². The van der Waals surface area contributed by atoms with Gasteiger partial charge in [-0.1, -0.05) is 36.2 Å². The first-order valence-corrected chi connectivity index (χ1v) is 12.5. The zero-order valence-corrected chi connectivity index (χ0v) is 20.3. The third kappa shape index (κ3) is 4.62. The summed E-state index contributed by atoms with van der Waals surface area (Å²) >= 11 is 6.04. The predicted molar refractivity (Wildman–Crippen MR) is 136 cm³/mol. The molecule has 1 saturated carbocycles. The maximum Gasteiger partial charge on any atom is 0.141 e. The Bertz CT molecular complexity index is 1150. The summed E-state index contributed by atoms with van der Waals surface area (Å²) in [5, 5.41) is 10.9. The Hall–Kier alpha value is -2.70. The molecule has 3 N–H and O–H groups in total. The number of anilines is 1. The number of nitrogens with zero attached hydrogens (tertiary/aromatic N) is 2. The fourth-order valence-corrected chi connectivity index (χ4v) is 5.40. The van der Waals surface area contributed by atoms with Gasteiger partial charge in [-0.2, -0.15) is 5.11 Å². The molecule has 0 saturated heterocycles. The molecule has 0 aromatic heterocycles. The van der Waals surface area contributed by atoms with Crippen LogP contribution in [0.15, 0.2) is 53.3 Å². The second kappa shape index (κ2) is 9.88. The summed E-state index contributed by atoms with van der Waals surface area (Å²) in [6.45, 7) is 4.74. The number of benzene rings is 2. The Labute approximate surface area is 205 Å². The van der Waals surface area contributed by atoms with Crippen molar-refractivity contribution in [3.8, 4) is 0 Å². The van der Waals surface area contributed by atoms with Crippen molar-refractivity contribution in [1.82, 2.24) is 10.2 Å². The Kier molecular flexibility index (Phi) is 6.70. The second-order valence-corrected chi connectivity index (χ2v) is 9.88. The molecule has 0 bridgehead atoms. The van der Waals surface area contributed by atoms with Gasteiger partial charge in [0.25, 0.3) is 0 Å². The fourth-order valence-electron chi connectivity index (χ4n) is 5.22. The van der Waals surface area contributed by atoms with Crippen molar-refractivity contribution in [2.75, 3.05) is 25.0 Å². The number of allylic oxidation sites excluding steroid dienone is 1. The summed E-state index contributed by atoms with van der Waals surface area (Å²) in [5.74, 6) is -0.421. The zero-order valence-electron chi connectivity index (χ0n) is 19.5. The van der Waals surface area contributed by atoms with E-state index < -0.39 is 5.82 Å². The molecule has 5 rings (SSSR count). The molecule has 0 radical (unpaired) electrons. The van der Waals surface area contributed by atoms with Crippen LogP contribution < -0.4 is 10.6 Å². The maximum absolute atomic E-state index is 13.7. The van der Waals surface area contributed by atoms with Gasteiger partial charge < -0.3 is 10.6 Å². The van der Waals surface area contributed by atoms with Gasteiger partial charge in [-0.15, -0.1) is 0 Å². The van der Waals surface area contributed by atoms with Gasteiger partial charge in [-0.3, -0.25) is 4.90 Å².